The van der Waals surface area contributed by atoms with Crippen LogP contribution in [0.15, 0.2) is 14.1 Å². The Morgan fingerprint density at radius 2 is 2.14 bits per heavy atom. The van der Waals surface area contributed by atoms with Crippen LogP contribution in [0.4, 0.5) is 0 Å². The van der Waals surface area contributed by atoms with Crippen molar-refractivity contribution in [2.75, 3.05) is 26.2 Å². The number of sulfonamides is 1. The maximum absolute atomic E-state index is 12.5. The molecule has 0 saturated carbocycles. The van der Waals surface area contributed by atoms with Gasteiger partial charge in [-0.15, -0.1) is 11.3 Å². The molecule has 9 heteroatoms. The van der Waals surface area contributed by atoms with Crippen LogP contribution in [0.1, 0.15) is 19.3 Å². The summed E-state index contributed by atoms with van der Waals surface area (Å²) in [5.41, 5.74) is 5.42. The second kappa shape index (κ2) is 7.72. The monoisotopic (exact) mass is 416 g/mol. The van der Waals surface area contributed by atoms with Crippen LogP contribution in [-0.4, -0.2) is 45.1 Å². The molecule has 0 aromatic carbocycles. The van der Waals surface area contributed by atoms with E-state index in [1.54, 1.807) is 0 Å². The molecule has 5 nitrogen and oxygen atoms in total. The summed E-state index contributed by atoms with van der Waals surface area (Å²) < 4.78 is 33.1. The molecule has 1 aromatic heterocycles. The standard InChI is InChI=1S/C12H18BrClN2O3S2/c13-12-10(14)8-11(20-12)21(17,18)16-5-2-9(3-6-16)19-7-1-4-15/h8-9H,1-7,15H2. The van der Waals surface area contributed by atoms with Crippen molar-refractivity contribution in [2.45, 2.75) is 29.6 Å². The largest absolute Gasteiger partial charge is 0.378 e. The van der Waals surface area contributed by atoms with Gasteiger partial charge in [-0.25, -0.2) is 8.42 Å². The van der Waals surface area contributed by atoms with E-state index in [2.05, 4.69) is 15.9 Å². The molecule has 1 aliphatic rings. The first-order valence-electron chi connectivity index (χ1n) is 6.72. The van der Waals surface area contributed by atoms with Gasteiger partial charge in [-0.1, -0.05) is 11.6 Å². The van der Waals surface area contributed by atoms with E-state index in [0.29, 0.717) is 47.9 Å². The van der Waals surface area contributed by atoms with Gasteiger partial charge in [0.05, 0.1) is 14.9 Å². The molecule has 0 unspecified atom stereocenters. The van der Waals surface area contributed by atoms with Crippen LogP contribution >= 0.6 is 38.9 Å². The molecule has 1 fully saturated rings. The molecule has 2 N–H and O–H groups in total. The van der Waals surface area contributed by atoms with Crippen LogP contribution in [0.2, 0.25) is 5.02 Å². The maximum Gasteiger partial charge on any atom is 0.252 e. The predicted molar refractivity (Wildman–Crippen MR) is 88.4 cm³/mol. The van der Waals surface area contributed by atoms with Crippen LogP contribution in [-0.2, 0) is 14.8 Å². The Morgan fingerprint density at radius 3 is 2.67 bits per heavy atom. The molecular weight excluding hydrogens is 400 g/mol. The molecule has 0 amide bonds. The third kappa shape index (κ3) is 4.40. The average molecular weight is 418 g/mol. The third-order valence-electron chi connectivity index (χ3n) is 3.32. The van der Waals surface area contributed by atoms with Crippen molar-refractivity contribution in [1.29, 1.82) is 0 Å². The normalized spacial score (nSPS) is 18.2. The summed E-state index contributed by atoms with van der Waals surface area (Å²) >= 11 is 10.3. The zero-order valence-electron chi connectivity index (χ0n) is 11.4. The van der Waals surface area contributed by atoms with E-state index in [1.165, 1.54) is 10.4 Å². The maximum atomic E-state index is 12.5. The average Bonchev–Trinajstić information content (AvgIpc) is 2.80. The van der Waals surface area contributed by atoms with Crippen LogP contribution in [0.3, 0.4) is 0 Å². The zero-order chi connectivity index (χ0) is 15.5. The van der Waals surface area contributed by atoms with Gasteiger partial charge < -0.3 is 10.5 Å². The molecule has 1 aliphatic heterocycles. The van der Waals surface area contributed by atoms with Gasteiger partial charge in [0.15, 0.2) is 0 Å². The van der Waals surface area contributed by atoms with Gasteiger partial charge in [-0.3, -0.25) is 0 Å². The van der Waals surface area contributed by atoms with Crippen LogP contribution in [0, 0.1) is 0 Å². The van der Waals surface area contributed by atoms with Crippen LogP contribution in [0.5, 0.6) is 0 Å². The Bertz CT molecular complexity index is 552. The first-order chi connectivity index (χ1) is 9.95. The lowest BCUT2D eigenvalue weighted by Gasteiger charge is -2.30. The zero-order valence-corrected chi connectivity index (χ0v) is 15.4. The number of hydrogen-bond donors (Lipinski definition) is 1. The number of nitrogens with two attached hydrogens (primary N) is 1. The Balaban J connectivity index is 1.95. The number of hydrogen-bond acceptors (Lipinski definition) is 5. The Kier molecular flexibility index (Phi) is 6.49. The van der Waals surface area contributed by atoms with Crippen molar-refractivity contribution in [3.05, 3.63) is 14.9 Å². The topological polar surface area (TPSA) is 72.6 Å². The smallest absolute Gasteiger partial charge is 0.252 e. The highest BCUT2D eigenvalue weighted by Crippen LogP contribution is 2.36. The molecule has 0 aliphatic carbocycles. The fourth-order valence-corrected chi connectivity index (χ4v) is 6.18. The number of halogens is 2. The fraction of sp³-hybridized carbons (Fsp3) is 0.667. The first-order valence-corrected chi connectivity index (χ1v) is 10.1. The minimum absolute atomic E-state index is 0.127. The van der Waals surface area contributed by atoms with Gasteiger partial charge in [0, 0.05) is 19.7 Å². The van der Waals surface area contributed by atoms with Gasteiger partial charge in [-0.2, -0.15) is 4.31 Å². The first kappa shape index (κ1) is 17.7. The summed E-state index contributed by atoms with van der Waals surface area (Å²) in [5, 5.41) is 0.429. The highest BCUT2D eigenvalue weighted by molar-refractivity contribution is 9.11. The predicted octanol–water partition coefficient (Wildman–Crippen LogP) is 2.68. The molecule has 2 heterocycles. The highest BCUT2D eigenvalue weighted by Gasteiger charge is 2.31. The molecule has 0 radical (unpaired) electrons. The summed E-state index contributed by atoms with van der Waals surface area (Å²) in [5.74, 6) is 0. The Hall–Kier alpha value is 0.300. The summed E-state index contributed by atoms with van der Waals surface area (Å²) in [7, 11) is -3.45. The molecule has 0 atom stereocenters. The molecule has 0 spiro atoms. The van der Waals surface area contributed by atoms with Gasteiger partial charge >= 0.3 is 0 Å². The summed E-state index contributed by atoms with van der Waals surface area (Å²) in [6.45, 7) is 2.20. The van der Waals surface area contributed by atoms with Gasteiger partial charge in [-0.05, 0) is 47.8 Å². The van der Waals surface area contributed by atoms with Crippen molar-refractivity contribution < 1.29 is 13.2 Å². The van der Waals surface area contributed by atoms with Crippen LogP contribution < -0.4 is 5.73 Å². The molecule has 2 rings (SSSR count). The second-order valence-electron chi connectivity index (χ2n) is 4.80. The van der Waals surface area contributed by atoms with E-state index in [9.17, 15) is 8.42 Å². The van der Waals surface area contributed by atoms with Crippen molar-refractivity contribution in [2.24, 2.45) is 5.73 Å². The molecule has 1 aromatic rings. The van der Waals surface area contributed by atoms with E-state index in [0.717, 1.165) is 17.8 Å². The highest BCUT2D eigenvalue weighted by atomic mass is 79.9. The number of piperidine rings is 1. The SMILES string of the molecule is NCCCOC1CCN(S(=O)(=O)c2cc(Cl)c(Br)s2)CC1. The second-order valence-corrected chi connectivity index (χ2v) is 9.75. The van der Waals surface area contributed by atoms with Crippen molar-refractivity contribution >= 4 is 48.9 Å². The molecule has 0 bridgehead atoms. The van der Waals surface area contributed by atoms with E-state index in [-0.39, 0.29) is 10.3 Å². The number of thiophene rings is 1. The van der Waals surface area contributed by atoms with E-state index >= 15 is 0 Å². The van der Waals surface area contributed by atoms with Crippen molar-refractivity contribution in [1.82, 2.24) is 4.31 Å². The fourth-order valence-electron chi connectivity index (χ4n) is 2.15. The van der Waals surface area contributed by atoms with E-state index in [1.807, 2.05) is 0 Å². The number of rotatable bonds is 6. The van der Waals surface area contributed by atoms with E-state index in [4.69, 9.17) is 22.1 Å². The van der Waals surface area contributed by atoms with Gasteiger partial charge in [0.25, 0.3) is 10.0 Å². The summed E-state index contributed by atoms with van der Waals surface area (Å²) in [6, 6.07) is 1.50. The molecular formula is C12H18BrClN2O3S2. The number of ether oxygens (including phenoxy) is 1. The van der Waals surface area contributed by atoms with E-state index < -0.39 is 10.0 Å². The Morgan fingerprint density at radius 1 is 1.48 bits per heavy atom. The van der Waals surface area contributed by atoms with Gasteiger partial charge in [0.2, 0.25) is 0 Å². The van der Waals surface area contributed by atoms with Crippen LogP contribution in [0.25, 0.3) is 0 Å². The lowest BCUT2D eigenvalue weighted by molar-refractivity contribution is 0.0209. The lowest BCUT2D eigenvalue weighted by Crippen LogP contribution is -2.40. The summed E-state index contributed by atoms with van der Waals surface area (Å²) in [6.07, 6.45) is 2.38. The van der Waals surface area contributed by atoms with Gasteiger partial charge in [0.1, 0.15) is 4.21 Å². The summed E-state index contributed by atoms with van der Waals surface area (Å²) in [4.78, 5) is 0. The lowest BCUT2D eigenvalue weighted by atomic mass is 10.1. The minimum Gasteiger partial charge on any atom is -0.378 e. The number of nitrogens with zero attached hydrogens (tertiary/aromatic N) is 1. The van der Waals surface area contributed by atoms with Crippen molar-refractivity contribution in [3.8, 4) is 0 Å². The Labute approximate surface area is 142 Å². The van der Waals surface area contributed by atoms with Crippen molar-refractivity contribution in [3.63, 3.8) is 0 Å². The minimum atomic E-state index is -3.45. The molecule has 1 saturated heterocycles. The third-order valence-corrected chi connectivity index (χ3v) is 8.14. The molecule has 120 valence electrons. The molecule has 21 heavy (non-hydrogen) atoms. The quantitative estimate of drug-likeness (QED) is 0.722.